The van der Waals surface area contributed by atoms with Crippen LogP contribution < -0.4 is 10.6 Å². The van der Waals surface area contributed by atoms with E-state index in [1.54, 1.807) is 0 Å². The summed E-state index contributed by atoms with van der Waals surface area (Å²) in [6.07, 6.45) is -9.10. The molecule has 20 heavy (non-hydrogen) atoms. The van der Waals surface area contributed by atoms with Crippen molar-refractivity contribution in [3.8, 4) is 0 Å². The second-order valence-corrected chi connectivity index (χ2v) is 4.35. The molecule has 1 rings (SSSR count). The Balaban J connectivity index is 3.12. The van der Waals surface area contributed by atoms with E-state index in [1.165, 1.54) is 6.07 Å². The second kappa shape index (κ2) is 5.90. The van der Waals surface area contributed by atoms with E-state index < -0.39 is 24.5 Å². The number of hydrogen-bond acceptors (Lipinski definition) is 2. The van der Waals surface area contributed by atoms with Crippen molar-refractivity contribution in [3.63, 3.8) is 0 Å². The molecular weight excluding hydrogens is 286 g/mol. The molecule has 0 saturated carbocycles. The molecule has 1 aromatic rings. The van der Waals surface area contributed by atoms with Crippen molar-refractivity contribution in [1.82, 2.24) is 0 Å². The highest BCUT2D eigenvalue weighted by atomic mass is 19.4. The average Bonchev–Trinajstić information content (AvgIpc) is 2.26. The number of hydrogen-bond donors (Lipinski definition) is 1. The third kappa shape index (κ3) is 4.59. The maximum atomic E-state index is 12.9. The normalized spacial score (nSPS) is 12.6. The first-order chi connectivity index (χ1) is 9.04. The first kappa shape index (κ1) is 16.6. The standard InChI is InChI=1S/C12H14F6N2/c1-20(7-11(13,14)15)9-3-2-8(4-5-19)10(6-9)12(16,17)18/h2-3,6H,4-5,7,19H2,1H3. The van der Waals surface area contributed by atoms with Crippen LogP contribution in [0.2, 0.25) is 0 Å². The topological polar surface area (TPSA) is 29.3 Å². The van der Waals surface area contributed by atoms with Crippen molar-refractivity contribution in [3.05, 3.63) is 29.3 Å². The number of nitrogens with zero attached hydrogens (tertiary/aromatic N) is 1. The van der Waals surface area contributed by atoms with Gasteiger partial charge >= 0.3 is 12.4 Å². The highest BCUT2D eigenvalue weighted by molar-refractivity contribution is 5.51. The molecule has 0 aromatic heterocycles. The third-order valence-corrected chi connectivity index (χ3v) is 2.67. The monoisotopic (exact) mass is 300 g/mol. The Bertz CT molecular complexity index is 452. The van der Waals surface area contributed by atoms with Crippen LogP contribution >= 0.6 is 0 Å². The van der Waals surface area contributed by atoms with Crippen LogP contribution in [-0.2, 0) is 12.6 Å². The van der Waals surface area contributed by atoms with Crippen LogP contribution in [0, 0.1) is 0 Å². The van der Waals surface area contributed by atoms with E-state index >= 15 is 0 Å². The van der Waals surface area contributed by atoms with Crippen molar-refractivity contribution in [2.45, 2.75) is 18.8 Å². The molecule has 0 fully saturated rings. The molecule has 0 aliphatic rings. The first-order valence-corrected chi connectivity index (χ1v) is 5.72. The fourth-order valence-corrected chi connectivity index (χ4v) is 1.80. The third-order valence-electron chi connectivity index (χ3n) is 2.67. The van der Waals surface area contributed by atoms with Gasteiger partial charge in [0.2, 0.25) is 0 Å². The van der Waals surface area contributed by atoms with Gasteiger partial charge in [-0.15, -0.1) is 0 Å². The van der Waals surface area contributed by atoms with E-state index in [0.717, 1.165) is 24.1 Å². The molecular formula is C12H14F6N2. The lowest BCUT2D eigenvalue weighted by molar-refractivity contribution is -0.138. The van der Waals surface area contributed by atoms with Gasteiger partial charge < -0.3 is 10.6 Å². The minimum atomic E-state index is -4.63. The summed E-state index contributed by atoms with van der Waals surface area (Å²) in [5.41, 5.74) is 4.11. The number of rotatable bonds is 4. The smallest absolute Gasteiger partial charge is 0.366 e. The van der Waals surface area contributed by atoms with E-state index in [1.807, 2.05) is 0 Å². The summed E-state index contributed by atoms with van der Waals surface area (Å²) in [6, 6.07) is 3.11. The quantitative estimate of drug-likeness (QED) is 0.865. The summed E-state index contributed by atoms with van der Waals surface area (Å²) >= 11 is 0. The molecule has 0 atom stereocenters. The largest absolute Gasteiger partial charge is 0.416 e. The Kier molecular flexibility index (Phi) is 4.90. The maximum absolute atomic E-state index is 12.9. The Morgan fingerprint density at radius 2 is 1.70 bits per heavy atom. The van der Waals surface area contributed by atoms with Crippen LogP contribution in [-0.4, -0.2) is 26.3 Å². The van der Waals surface area contributed by atoms with Crippen molar-refractivity contribution in [2.75, 3.05) is 25.0 Å². The predicted octanol–water partition coefficient (Wildman–Crippen LogP) is 3.21. The van der Waals surface area contributed by atoms with Gasteiger partial charge in [0.15, 0.2) is 0 Å². The zero-order valence-corrected chi connectivity index (χ0v) is 10.6. The summed E-state index contributed by atoms with van der Waals surface area (Å²) in [7, 11) is 1.09. The van der Waals surface area contributed by atoms with Crippen LogP contribution in [0.25, 0.3) is 0 Å². The number of anilines is 1. The van der Waals surface area contributed by atoms with Gasteiger partial charge in [-0.1, -0.05) is 6.07 Å². The Morgan fingerprint density at radius 1 is 1.10 bits per heavy atom. The van der Waals surface area contributed by atoms with E-state index in [2.05, 4.69) is 0 Å². The molecule has 0 amide bonds. The van der Waals surface area contributed by atoms with Gasteiger partial charge in [-0.3, -0.25) is 0 Å². The maximum Gasteiger partial charge on any atom is 0.416 e. The summed E-state index contributed by atoms with van der Waals surface area (Å²) in [6.45, 7) is -1.29. The second-order valence-electron chi connectivity index (χ2n) is 4.35. The molecule has 2 nitrogen and oxygen atoms in total. The lowest BCUT2D eigenvalue weighted by Crippen LogP contribution is -2.31. The molecule has 0 saturated heterocycles. The molecule has 2 N–H and O–H groups in total. The number of alkyl halides is 6. The number of benzene rings is 1. The van der Waals surface area contributed by atoms with Gasteiger partial charge in [-0.25, -0.2) is 0 Å². The summed E-state index contributed by atoms with van der Waals surface area (Å²) in [5, 5.41) is 0. The predicted molar refractivity (Wildman–Crippen MR) is 63.5 cm³/mol. The van der Waals surface area contributed by atoms with Crippen LogP contribution in [0.4, 0.5) is 32.0 Å². The molecule has 0 heterocycles. The van der Waals surface area contributed by atoms with Crippen molar-refractivity contribution in [2.24, 2.45) is 5.73 Å². The van der Waals surface area contributed by atoms with Crippen molar-refractivity contribution >= 4 is 5.69 Å². The van der Waals surface area contributed by atoms with Crippen LogP contribution in [0.3, 0.4) is 0 Å². The highest BCUT2D eigenvalue weighted by Gasteiger charge is 2.34. The minimum Gasteiger partial charge on any atom is -0.366 e. The molecule has 0 aliphatic carbocycles. The van der Waals surface area contributed by atoms with Gasteiger partial charge in [0.1, 0.15) is 6.54 Å². The zero-order valence-electron chi connectivity index (χ0n) is 10.6. The molecule has 0 aliphatic heterocycles. The van der Waals surface area contributed by atoms with Crippen molar-refractivity contribution < 1.29 is 26.3 Å². The van der Waals surface area contributed by atoms with Gasteiger partial charge in [-0.05, 0) is 30.7 Å². The van der Waals surface area contributed by atoms with E-state index in [4.69, 9.17) is 5.73 Å². The highest BCUT2D eigenvalue weighted by Crippen LogP contribution is 2.35. The zero-order chi connectivity index (χ0) is 15.6. The lowest BCUT2D eigenvalue weighted by atomic mass is 10.0. The lowest BCUT2D eigenvalue weighted by Gasteiger charge is -2.23. The van der Waals surface area contributed by atoms with E-state index in [0.29, 0.717) is 0 Å². The van der Waals surface area contributed by atoms with Gasteiger partial charge in [0.25, 0.3) is 0 Å². The SMILES string of the molecule is CN(CC(F)(F)F)c1ccc(CCN)c(C(F)(F)F)c1. The Hall–Kier alpha value is -1.44. The summed E-state index contributed by atoms with van der Waals surface area (Å²) in [5.74, 6) is 0. The van der Waals surface area contributed by atoms with E-state index in [-0.39, 0.29) is 24.2 Å². The minimum absolute atomic E-state index is 0.0120. The molecule has 0 bridgehead atoms. The first-order valence-electron chi connectivity index (χ1n) is 5.72. The fraction of sp³-hybridized carbons (Fsp3) is 0.500. The van der Waals surface area contributed by atoms with Crippen LogP contribution in [0.5, 0.6) is 0 Å². The fourth-order valence-electron chi connectivity index (χ4n) is 1.80. The number of nitrogens with two attached hydrogens (primary N) is 1. The number of halogens is 6. The van der Waals surface area contributed by atoms with Gasteiger partial charge in [0.05, 0.1) is 5.56 Å². The summed E-state index contributed by atoms with van der Waals surface area (Å²) < 4.78 is 75.4. The van der Waals surface area contributed by atoms with E-state index in [9.17, 15) is 26.3 Å². The molecule has 0 spiro atoms. The van der Waals surface area contributed by atoms with Crippen LogP contribution in [0.1, 0.15) is 11.1 Å². The van der Waals surface area contributed by atoms with Gasteiger partial charge in [0, 0.05) is 12.7 Å². The Labute approximate surface area is 112 Å². The Morgan fingerprint density at radius 3 is 2.15 bits per heavy atom. The summed E-state index contributed by atoms with van der Waals surface area (Å²) in [4.78, 5) is 0.724. The average molecular weight is 300 g/mol. The molecule has 0 unspecified atom stereocenters. The van der Waals surface area contributed by atoms with Crippen LogP contribution in [0.15, 0.2) is 18.2 Å². The molecule has 1 aromatic carbocycles. The molecule has 8 heteroatoms. The molecule has 0 radical (unpaired) electrons. The van der Waals surface area contributed by atoms with Gasteiger partial charge in [-0.2, -0.15) is 26.3 Å². The molecule has 114 valence electrons. The van der Waals surface area contributed by atoms with Crippen molar-refractivity contribution in [1.29, 1.82) is 0 Å².